The zero-order valence-corrected chi connectivity index (χ0v) is 12.6. The number of hydrogen-bond donors (Lipinski definition) is 0. The van der Waals surface area contributed by atoms with Gasteiger partial charge in [-0.2, -0.15) is 0 Å². The van der Waals surface area contributed by atoms with Crippen LogP contribution in [-0.4, -0.2) is 0 Å². The fourth-order valence-corrected chi connectivity index (χ4v) is 4.87. The molecule has 4 atom stereocenters. The SMILES string of the molecule is BrC(c1ccccc1)C1CCC2CCCCC2C1. The summed E-state index contributed by atoms with van der Waals surface area (Å²) in [7, 11) is 0. The van der Waals surface area contributed by atoms with Crippen molar-refractivity contribution in [3.63, 3.8) is 0 Å². The van der Waals surface area contributed by atoms with E-state index in [1.54, 1.807) is 0 Å². The first-order valence-corrected chi connectivity index (χ1v) is 8.45. The van der Waals surface area contributed by atoms with Crippen molar-refractivity contribution in [3.05, 3.63) is 35.9 Å². The Morgan fingerprint density at radius 2 is 1.61 bits per heavy atom. The van der Waals surface area contributed by atoms with Crippen molar-refractivity contribution in [1.29, 1.82) is 0 Å². The third-order valence-corrected chi connectivity index (χ3v) is 6.39. The van der Waals surface area contributed by atoms with Crippen LogP contribution < -0.4 is 0 Å². The Morgan fingerprint density at radius 1 is 0.889 bits per heavy atom. The van der Waals surface area contributed by atoms with Gasteiger partial charge in [0.25, 0.3) is 0 Å². The largest absolute Gasteiger partial charge is 0.0836 e. The lowest BCUT2D eigenvalue weighted by molar-refractivity contribution is 0.129. The summed E-state index contributed by atoms with van der Waals surface area (Å²) in [5.74, 6) is 2.94. The number of fused-ring (bicyclic) bond motifs is 1. The highest BCUT2D eigenvalue weighted by Crippen LogP contribution is 2.48. The fraction of sp³-hybridized carbons (Fsp3) is 0.647. The molecule has 0 aromatic heterocycles. The van der Waals surface area contributed by atoms with Gasteiger partial charge in [-0.15, -0.1) is 0 Å². The molecule has 2 saturated carbocycles. The van der Waals surface area contributed by atoms with Crippen molar-refractivity contribution in [2.75, 3.05) is 0 Å². The first-order valence-electron chi connectivity index (χ1n) is 7.53. The molecule has 98 valence electrons. The van der Waals surface area contributed by atoms with E-state index in [1.807, 2.05) is 0 Å². The lowest BCUT2D eigenvalue weighted by atomic mass is 9.66. The van der Waals surface area contributed by atoms with Crippen LogP contribution in [0.1, 0.15) is 55.3 Å². The van der Waals surface area contributed by atoms with E-state index >= 15 is 0 Å². The van der Waals surface area contributed by atoms with Crippen molar-refractivity contribution in [3.8, 4) is 0 Å². The van der Waals surface area contributed by atoms with Crippen LogP contribution in [0.4, 0.5) is 0 Å². The van der Waals surface area contributed by atoms with Crippen LogP contribution in [0.3, 0.4) is 0 Å². The quantitative estimate of drug-likeness (QED) is 0.612. The molecular weight excluding hydrogens is 284 g/mol. The lowest BCUT2D eigenvalue weighted by Gasteiger charge is -2.41. The summed E-state index contributed by atoms with van der Waals surface area (Å²) < 4.78 is 0. The average Bonchev–Trinajstić information content (AvgIpc) is 2.47. The summed E-state index contributed by atoms with van der Waals surface area (Å²) in [5, 5.41) is 0. The zero-order valence-electron chi connectivity index (χ0n) is 11.0. The lowest BCUT2D eigenvalue weighted by Crippen LogP contribution is -2.29. The average molecular weight is 307 g/mol. The number of hydrogen-bond acceptors (Lipinski definition) is 0. The second kappa shape index (κ2) is 5.77. The van der Waals surface area contributed by atoms with Crippen LogP contribution in [-0.2, 0) is 0 Å². The molecule has 0 nitrogen and oxygen atoms in total. The topological polar surface area (TPSA) is 0 Å². The monoisotopic (exact) mass is 306 g/mol. The molecule has 1 aromatic carbocycles. The number of halogens is 1. The minimum atomic E-state index is 0.571. The van der Waals surface area contributed by atoms with E-state index in [4.69, 9.17) is 0 Å². The predicted octanol–water partition coefficient (Wildman–Crippen LogP) is 5.73. The van der Waals surface area contributed by atoms with Gasteiger partial charge in [0, 0.05) is 4.83 Å². The minimum Gasteiger partial charge on any atom is -0.0836 e. The Morgan fingerprint density at radius 3 is 2.39 bits per heavy atom. The van der Waals surface area contributed by atoms with Crippen LogP contribution in [0, 0.1) is 17.8 Å². The maximum atomic E-state index is 3.96. The molecule has 0 aliphatic heterocycles. The minimum absolute atomic E-state index is 0.571. The molecule has 2 aliphatic carbocycles. The second-order valence-electron chi connectivity index (χ2n) is 6.19. The zero-order chi connectivity index (χ0) is 12.4. The van der Waals surface area contributed by atoms with Crippen LogP contribution in [0.25, 0.3) is 0 Å². The third kappa shape index (κ3) is 2.66. The number of rotatable bonds is 2. The van der Waals surface area contributed by atoms with Crippen molar-refractivity contribution in [2.24, 2.45) is 17.8 Å². The van der Waals surface area contributed by atoms with Crippen LogP contribution in [0.15, 0.2) is 30.3 Å². The van der Waals surface area contributed by atoms with Gasteiger partial charge in [-0.3, -0.25) is 0 Å². The van der Waals surface area contributed by atoms with E-state index in [0.29, 0.717) is 4.83 Å². The number of benzene rings is 1. The van der Waals surface area contributed by atoms with Crippen molar-refractivity contribution >= 4 is 15.9 Å². The maximum Gasteiger partial charge on any atom is 0.0423 e. The van der Waals surface area contributed by atoms with Gasteiger partial charge in [0.15, 0.2) is 0 Å². The molecule has 0 spiro atoms. The fourth-order valence-electron chi connectivity index (χ4n) is 4.08. The van der Waals surface area contributed by atoms with Gasteiger partial charge in [-0.05, 0) is 42.6 Å². The van der Waals surface area contributed by atoms with Gasteiger partial charge in [0.2, 0.25) is 0 Å². The van der Waals surface area contributed by atoms with Crippen molar-refractivity contribution in [1.82, 2.24) is 0 Å². The van der Waals surface area contributed by atoms with Gasteiger partial charge in [-0.1, -0.05) is 71.9 Å². The third-order valence-electron chi connectivity index (χ3n) is 5.11. The summed E-state index contributed by atoms with van der Waals surface area (Å²) in [5.41, 5.74) is 1.47. The summed E-state index contributed by atoms with van der Waals surface area (Å²) in [4.78, 5) is 0.571. The molecule has 2 fully saturated rings. The molecule has 18 heavy (non-hydrogen) atoms. The van der Waals surface area contributed by atoms with Gasteiger partial charge < -0.3 is 0 Å². The highest BCUT2D eigenvalue weighted by Gasteiger charge is 2.34. The highest BCUT2D eigenvalue weighted by atomic mass is 79.9. The highest BCUT2D eigenvalue weighted by molar-refractivity contribution is 9.09. The molecule has 3 rings (SSSR count). The normalized spacial score (nSPS) is 33.7. The molecule has 0 amide bonds. The Balaban J connectivity index is 1.67. The van der Waals surface area contributed by atoms with E-state index in [9.17, 15) is 0 Å². The molecular formula is C17H23Br. The van der Waals surface area contributed by atoms with Crippen LogP contribution in [0.2, 0.25) is 0 Å². The molecule has 0 heterocycles. The van der Waals surface area contributed by atoms with E-state index in [1.165, 1.54) is 50.5 Å². The van der Waals surface area contributed by atoms with E-state index in [-0.39, 0.29) is 0 Å². The second-order valence-corrected chi connectivity index (χ2v) is 7.18. The first kappa shape index (κ1) is 12.7. The standard InChI is InChI=1S/C17H23Br/c18-17(14-7-2-1-3-8-14)16-11-10-13-6-4-5-9-15(13)12-16/h1-3,7-8,13,15-17H,4-6,9-12H2. The maximum absolute atomic E-state index is 3.96. The van der Waals surface area contributed by atoms with Crippen LogP contribution >= 0.6 is 15.9 Å². The Kier molecular flexibility index (Phi) is 4.08. The summed E-state index contributed by atoms with van der Waals surface area (Å²) in [6.07, 6.45) is 10.3. The summed E-state index contributed by atoms with van der Waals surface area (Å²) in [6.45, 7) is 0. The number of alkyl halides is 1. The molecule has 1 heteroatoms. The molecule has 0 N–H and O–H groups in total. The first-order chi connectivity index (χ1) is 8.84. The predicted molar refractivity (Wildman–Crippen MR) is 80.9 cm³/mol. The summed E-state index contributed by atoms with van der Waals surface area (Å²) in [6, 6.07) is 11.0. The van der Waals surface area contributed by atoms with Crippen LogP contribution in [0.5, 0.6) is 0 Å². The Hall–Kier alpha value is -0.300. The molecule has 4 unspecified atom stereocenters. The Bertz CT molecular complexity index is 372. The van der Waals surface area contributed by atoms with Gasteiger partial charge in [0.1, 0.15) is 0 Å². The van der Waals surface area contributed by atoms with E-state index in [2.05, 4.69) is 46.3 Å². The molecule has 2 aliphatic rings. The van der Waals surface area contributed by atoms with Gasteiger partial charge in [-0.25, -0.2) is 0 Å². The van der Waals surface area contributed by atoms with Gasteiger partial charge >= 0.3 is 0 Å². The van der Waals surface area contributed by atoms with Crippen molar-refractivity contribution in [2.45, 2.75) is 49.8 Å². The van der Waals surface area contributed by atoms with E-state index < -0.39 is 0 Å². The molecule has 0 bridgehead atoms. The molecule has 0 saturated heterocycles. The van der Waals surface area contributed by atoms with E-state index in [0.717, 1.165) is 17.8 Å². The van der Waals surface area contributed by atoms with Crippen molar-refractivity contribution < 1.29 is 0 Å². The summed E-state index contributed by atoms with van der Waals surface area (Å²) >= 11 is 3.96. The smallest absolute Gasteiger partial charge is 0.0423 e. The van der Waals surface area contributed by atoms with Gasteiger partial charge in [0.05, 0.1) is 0 Å². The molecule has 0 radical (unpaired) electrons. The Labute approximate surface area is 119 Å². The molecule has 1 aromatic rings.